The minimum atomic E-state index is -0.00792. The van der Waals surface area contributed by atoms with Gasteiger partial charge in [-0.05, 0) is 25.2 Å². The Morgan fingerprint density at radius 1 is 1.47 bits per heavy atom. The van der Waals surface area contributed by atoms with Crippen molar-refractivity contribution in [1.82, 2.24) is 10.6 Å². The van der Waals surface area contributed by atoms with E-state index < -0.39 is 0 Å². The molecule has 2 N–H and O–H groups in total. The van der Waals surface area contributed by atoms with Gasteiger partial charge < -0.3 is 10.6 Å². The Labute approximate surface area is 91.0 Å². The number of carbonyl (C=O) groups excluding carboxylic acids is 1. The molecule has 0 aromatic heterocycles. The van der Waals surface area contributed by atoms with Crippen molar-refractivity contribution in [2.75, 3.05) is 6.54 Å². The maximum absolute atomic E-state index is 11.7. The van der Waals surface area contributed by atoms with Crippen molar-refractivity contribution in [3.8, 4) is 12.3 Å². The molecule has 1 amide bonds. The number of rotatable bonds is 2. The van der Waals surface area contributed by atoms with Crippen LogP contribution < -0.4 is 10.6 Å². The third-order valence-corrected chi connectivity index (χ3v) is 3.54. The summed E-state index contributed by atoms with van der Waals surface area (Å²) in [6.07, 6.45) is 11.2. The van der Waals surface area contributed by atoms with Gasteiger partial charge in [-0.3, -0.25) is 4.79 Å². The van der Waals surface area contributed by atoms with Crippen LogP contribution in [0.2, 0.25) is 0 Å². The first-order valence-electron chi connectivity index (χ1n) is 5.78. The Hall–Kier alpha value is -1.01. The first kappa shape index (κ1) is 10.5. The third-order valence-electron chi connectivity index (χ3n) is 3.54. The second-order valence-electron chi connectivity index (χ2n) is 4.53. The number of hydrogen-bond acceptors (Lipinski definition) is 2. The van der Waals surface area contributed by atoms with E-state index in [0.29, 0.717) is 18.5 Å². The lowest BCUT2D eigenvalue weighted by Gasteiger charge is -2.24. The first-order chi connectivity index (χ1) is 7.31. The fourth-order valence-corrected chi connectivity index (χ4v) is 2.78. The van der Waals surface area contributed by atoms with Crippen LogP contribution in [0.15, 0.2) is 0 Å². The summed E-state index contributed by atoms with van der Waals surface area (Å²) in [5.41, 5.74) is 0. The Kier molecular flexibility index (Phi) is 3.27. The molecule has 1 aliphatic heterocycles. The number of terminal acetylenes is 1. The molecule has 3 heteroatoms. The van der Waals surface area contributed by atoms with E-state index in [9.17, 15) is 4.79 Å². The summed E-state index contributed by atoms with van der Waals surface area (Å²) in [4.78, 5) is 11.7. The summed E-state index contributed by atoms with van der Waals surface area (Å²) in [6.45, 7) is 0.340. The second kappa shape index (κ2) is 4.67. The predicted molar refractivity (Wildman–Crippen MR) is 59.1 cm³/mol. The SMILES string of the molecule is C#CCNC(=O)C1CC2CCCCC2N1. The van der Waals surface area contributed by atoms with Crippen molar-refractivity contribution >= 4 is 5.91 Å². The zero-order valence-electron chi connectivity index (χ0n) is 8.96. The highest BCUT2D eigenvalue weighted by Crippen LogP contribution is 2.33. The van der Waals surface area contributed by atoms with Crippen molar-refractivity contribution in [3.63, 3.8) is 0 Å². The van der Waals surface area contributed by atoms with E-state index in [1.165, 1.54) is 25.7 Å². The van der Waals surface area contributed by atoms with Gasteiger partial charge in [-0.2, -0.15) is 0 Å². The Bertz CT molecular complexity index is 268. The van der Waals surface area contributed by atoms with E-state index in [0.717, 1.165) is 6.42 Å². The van der Waals surface area contributed by atoms with E-state index in [1.54, 1.807) is 0 Å². The first-order valence-corrected chi connectivity index (χ1v) is 5.78. The van der Waals surface area contributed by atoms with Crippen LogP contribution in [-0.4, -0.2) is 24.5 Å². The van der Waals surface area contributed by atoms with Gasteiger partial charge in [0.2, 0.25) is 5.91 Å². The molecule has 0 spiro atoms. The number of nitrogens with one attached hydrogen (secondary N) is 2. The lowest BCUT2D eigenvalue weighted by Crippen LogP contribution is -2.43. The van der Waals surface area contributed by atoms with E-state index in [4.69, 9.17) is 6.42 Å². The van der Waals surface area contributed by atoms with Crippen molar-refractivity contribution < 1.29 is 4.79 Å². The van der Waals surface area contributed by atoms with E-state index in [1.807, 2.05) is 0 Å². The summed E-state index contributed by atoms with van der Waals surface area (Å²) < 4.78 is 0. The van der Waals surface area contributed by atoms with Crippen molar-refractivity contribution in [3.05, 3.63) is 0 Å². The van der Waals surface area contributed by atoms with Gasteiger partial charge in [0.1, 0.15) is 0 Å². The Morgan fingerprint density at radius 3 is 3.00 bits per heavy atom. The van der Waals surface area contributed by atoms with Gasteiger partial charge >= 0.3 is 0 Å². The fraction of sp³-hybridized carbons (Fsp3) is 0.750. The van der Waals surface area contributed by atoms with E-state index in [2.05, 4.69) is 16.6 Å². The molecule has 2 rings (SSSR count). The van der Waals surface area contributed by atoms with Gasteiger partial charge in [-0.1, -0.05) is 18.8 Å². The van der Waals surface area contributed by atoms with Crippen LogP contribution in [0.3, 0.4) is 0 Å². The highest BCUT2D eigenvalue weighted by molar-refractivity contribution is 5.82. The van der Waals surface area contributed by atoms with Gasteiger partial charge in [0, 0.05) is 6.04 Å². The Morgan fingerprint density at radius 2 is 2.27 bits per heavy atom. The fourth-order valence-electron chi connectivity index (χ4n) is 2.78. The summed E-state index contributed by atoms with van der Waals surface area (Å²) in [6, 6.07) is 0.562. The van der Waals surface area contributed by atoms with Crippen molar-refractivity contribution in [2.24, 2.45) is 5.92 Å². The maximum Gasteiger partial charge on any atom is 0.237 e. The average Bonchev–Trinajstić information content (AvgIpc) is 2.69. The number of amides is 1. The van der Waals surface area contributed by atoms with Gasteiger partial charge in [-0.15, -0.1) is 6.42 Å². The molecule has 0 bridgehead atoms. The molecule has 3 nitrogen and oxygen atoms in total. The van der Waals surface area contributed by atoms with Crippen LogP contribution in [0, 0.1) is 18.3 Å². The normalized spacial score (nSPS) is 34.2. The summed E-state index contributed by atoms with van der Waals surface area (Å²) in [7, 11) is 0. The number of fused-ring (bicyclic) bond motifs is 1. The smallest absolute Gasteiger partial charge is 0.237 e. The molecule has 82 valence electrons. The number of carbonyl (C=O) groups is 1. The standard InChI is InChI=1S/C12H18N2O/c1-2-7-13-12(15)11-8-9-5-3-4-6-10(9)14-11/h1,9-11,14H,3-8H2,(H,13,15). The monoisotopic (exact) mass is 206 g/mol. The summed E-state index contributed by atoms with van der Waals surface area (Å²) in [5.74, 6) is 3.21. The second-order valence-corrected chi connectivity index (χ2v) is 4.53. The topological polar surface area (TPSA) is 41.1 Å². The van der Waals surface area contributed by atoms with Crippen LogP contribution in [0.25, 0.3) is 0 Å². The summed E-state index contributed by atoms with van der Waals surface area (Å²) in [5, 5.41) is 6.17. The van der Waals surface area contributed by atoms with Crippen molar-refractivity contribution in [2.45, 2.75) is 44.2 Å². The quantitative estimate of drug-likeness (QED) is 0.652. The minimum absolute atomic E-state index is 0.00792. The lowest BCUT2D eigenvalue weighted by atomic mass is 9.85. The molecule has 2 fully saturated rings. The van der Waals surface area contributed by atoms with Crippen LogP contribution in [0.1, 0.15) is 32.1 Å². The van der Waals surface area contributed by atoms with Crippen LogP contribution in [-0.2, 0) is 4.79 Å². The van der Waals surface area contributed by atoms with E-state index >= 15 is 0 Å². The molecule has 0 aromatic rings. The molecular formula is C12H18N2O. The molecule has 1 aliphatic carbocycles. The molecule has 1 saturated carbocycles. The largest absolute Gasteiger partial charge is 0.344 e. The third kappa shape index (κ3) is 2.32. The zero-order chi connectivity index (χ0) is 10.7. The van der Waals surface area contributed by atoms with Crippen LogP contribution in [0.5, 0.6) is 0 Å². The molecule has 15 heavy (non-hydrogen) atoms. The van der Waals surface area contributed by atoms with Gasteiger partial charge in [0.05, 0.1) is 12.6 Å². The van der Waals surface area contributed by atoms with Crippen molar-refractivity contribution in [1.29, 1.82) is 0 Å². The summed E-state index contributed by atoms with van der Waals surface area (Å²) >= 11 is 0. The van der Waals surface area contributed by atoms with Gasteiger partial charge in [0.15, 0.2) is 0 Å². The highest BCUT2D eigenvalue weighted by atomic mass is 16.2. The lowest BCUT2D eigenvalue weighted by molar-refractivity contribution is -0.122. The molecule has 0 radical (unpaired) electrons. The van der Waals surface area contributed by atoms with Crippen LogP contribution >= 0.6 is 0 Å². The highest BCUT2D eigenvalue weighted by Gasteiger charge is 2.37. The van der Waals surface area contributed by atoms with Crippen LogP contribution in [0.4, 0.5) is 0 Å². The number of hydrogen-bond donors (Lipinski definition) is 2. The average molecular weight is 206 g/mol. The molecule has 3 unspecified atom stereocenters. The van der Waals surface area contributed by atoms with Gasteiger partial charge in [0.25, 0.3) is 0 Å². The minimum Gasteiger partial charge on any atom is -0.344 e. The molecular weight excluding hydrogens is 188 g/mol. The molecule has 1 saturated heterocycles. The molecule has 0 aromatic carbocycles. The molecule has 1 heterocycles. The zero-order valence-corrected chi connectivity index (χ0v) is 8.96. The molecule has 2 aliphatic rings. The van der Waals surface area contributed by atoms with E-state index in [-0.39, 0.29) is 11.9 Å². The van der Waals surface area contributed by atoms with Gasteiger partial charge in [-0.25, -0.2) is 0 Å². The molecule has 3 atom stereocenters. The maximum atomic E-state index is 11.7. The Balaban J connectivity index is 1.86. The predicted octanol–water partition coefficient (Wildman–Crippen LogP) is 0.656.